The molecule has 0 saturated heterocycles. The highest BCUT2D eigenvalue weighted by molar-refractivity contribution is 5.60. The van der Waals surface area contributed by atoms with Crippen molar-refractivity contribution in [1.82, 2.24) is 0 Å². The zero-order valence-electron chi connectivity index (χ0n) is 10.4. The summed E-state index contributed by atoms with van der Waals surface area (Å²) in [6.07, 6.45) is 3.97. The molecular weight excluding hydrogens is 192 g/mol. The lowest BCUT2D eigenvalue weighted by atomic mass is 10.2. The van der Waals surface area contributed by atoms with Gasteiger partial charge in [-0.05, 0) is 25.7 Å². The van der Waals surface area contributed by atoms with Crippen LogP contribution in [0.3, 0.4) is 0 Å². The van der Waals surface area contributed by atoms with Gasteiger partial charge in [-0.1, -0.05) is 34.1 Å². The van der Waals surface area contributed by atoms with Crippen molar-refractivity contribution in [2.24, 2.45) is 0 Å². The van der Waals surface area contributed by atoms with Crippen molar-refractivity contribution >= 4 is 6.16 Å². The molecule has 0 aromatic heterocycles. The average Bonchev–Trinajstić information content (AvgIpc) is 2.25. The number of rotatable bonds is 7. The first kappa shape index (κ1) is 14.3. The molecule has 15 heavy (non-hydrogen) atoms. The molecule has 0 saturated carbocycles. The van der Waals surface area contributed by atoms with Gasteiger partial charge in [0.15, 0.2) is 0 Å². The normalized spacial score (nSPS) is 12.6. The zero-order chi connectivity index (χ0) is 11.7. The fraction of sp³-hybridized carbons (Fsp3) is 0.917. The number of hydrogen-bond acceptors (Lipinski definition) is 3. The molecule has 0 aromatic rings. The second-order valence-electron chi connectivity index (χ2n) is 3.74. The molecular formula is C12H24O3. The van der Waals surface area contributed by atoms with Crippen molar-refractivity contribution in [3.63, 3.8) is 0 Å². The Kier molecular flexibility index (Phi) is 8.15. The van der Waals surface area contributed by atoms with E-state index in [1.807, 2.05) is 20.8 Å². The summed E-state index contributed by atoms with van der Waals surface area (Å²) in [6.45, 7) is 8.11. The molecule has 0 aliphatic rings. The van der Waals surface area contributed by atoms with E-state index in [9.17, 15) is 4.79 Å². The Labute approximate surface area is 93.1 Å². The van der Waals surface area contributed by atoms with Crippen molar-refractivity contribution in [3.8, 4) is 0 Å². The van der Waals surface area contributed by atoms with Gasteiger partial charge in [0.2, 0.25) is 0 Å². The van der Waals surface area contributed by atoms with E-state index in [2.05, 4.69) is 6.92 Å². The maximum absolute atomic E-state index is 11.4. The summed E-state index contributed by atoms with van der Waals surface area (Å²) in [4.78, 5) is 11.4. The van der Waals surface area contributed by atoms with Crippen molar-refractivity contribution in [2.45, 2.75) is 72.0 Å². The molecule has 0 rings (SSSR count). The average molecular weight is 216 g/mol. The minimum atomic E-state index is -0.510. The molecule has 3 heteroatoms. The summed E-state index contributed by atoms with van der Waals surface area (Å²) in [7, 11) is 0. The molecule has 0 amide bonds. The van der Waals surface area contributed by atoms with Crippen LogP contribution in [0.25, 0.3) is 0 Å². The Morgan fingerprint density at radius 2 is 1.40 bits per heavy atom. The van der Waals surface area contributed by atoms with Gasteiger partial charge in [-0.25, -0.2) is 4.79 Å². The van der Waals surface area contributed by atoms with Gasteiger partial charge in [-0.15, -0.1) is 0 Å². The summed E-state index contributed by atoms with van der Waals surface area (Å²) in [5.41, 5.74) is 0. The van der Waals surface area contributed by atoms with Crippen LogP contribution in [0.5, 0.6) is 0 Å². The predicted molar refractivity (Wildman–Crippen MR) is 60.9 cm³/mol. The Morgan fingerprint density at radius 1 is 0.933 bits per heavy atom. The molecule has 0 radical (unpaired) electrons. The molecule has 0 fully saturated rings. The molecule has 0 aliphatic carbocycles. The summed E-state index contributed by atoms with van der Waals surface area (Å²) < 4.78 is 10.4. The van der Waals surface area contributed by atoms with E-state index in [0.29, 0.717) is 0 Å². The van der Waals surface area contributed by atoms with Gasteiger partial charge in [-0.3, -0.25) is 0 Å². The molecule has 0 heterocycles. The van der Waals surface area contributed by atoms with Crippen molar-refractivity contribution in [2.75, 3.05) is 0 Å². The van der Waals surface area contributed by atoms with Crippen LogP contribution in [0.4, 0.5) is 4.79 Å². The molecule has 3 nitrogen and oxygen atoms in total. The monoisotopic (exact) mass is 216 g/mol. The fourth-order valence-electron chi connectivity index (χ4n) is 1.42. The lowest BCUT2D eigenvalue weighted by Crippen LogP contribution is -2.22. The number of carbonyl (C=O) groups is 1. The Bertz CT molecular complexity index is 164. The van der Waals surface area contributed by atoms with Crippen LogP contribution in [0.2, 0.25) is 0 Å². The molecule has 0 spiro atoms. The number of hydrogen-bond donors (Lipinski definition) is 0. The highest BCUT2D eigenvalue weighted by atomic mass is 16.7. The summed E-state index contributed by atoms with van der Waals surface area (Å²) in [5.74, 6) is 0. The number of ether oxygens (including phenoxy) is 2. The van der Waals surface area contributed by atoms with Crippen LogP contribution in [0, 0.1) is 0 Å². The lowest BCUT2D eigenvalue weighted by Gasteiger charge is -2.18. The van der Waals surface area contributed by atoms with Crippen LogP contribution >= 0.6 is 0 Å². The van der Waals surface area contributed by atoms with Gasteiger partial charge < -0.3 is 9.47 Å². The van der Waals surface area contributed by atoms with Crippen LogP contribution in [-0.2, 0) is 9.47 Å². The van der Waals surface area contributed by atoms with Crippen LogP contribution in [0.15, 0.2) is 0 Å². The highest BCUT2D eigenvalue weighted by Crippen LogP contribution is 2.10. The molecule has 1 atom stereocenters. The zero-order valence-corrected chi connectivity index (χ0v) is 10.4. The van der Waals surface area contributed by atoms with E-state index in [4.69, 9.17) is 9.47 Å². The highest BCUT2D eigenvalue weighted by Gasteiger charge is 2.16. The minimum Gasteiger partial charge on any atom is -0.431 e. The van der Waals surface area contributed by atoms with E-state index < -0.39 is 6.16 Å². The summed E-state index contributed by atoms with van der Waals surface area (Å²) >= 11 is 0. The maximum Gasteiger partial charge on any atom is 0.508 e. The van der Waals surface area contributed by atoms with E-state index in [0.717, 1.165) is 32.1 Å². The third-order valence-corrected chi connectivity index (χ3v) is 2.50. The third kappa shape index (κ3) is 6.37. The maximum atomic E-state index is 11.4. The van der Waals surface area contributed by atoms with Gasteiger partial charge in [0.05, 0.1) is 0 Å². The van der Waals surface area contributed by atoms with E-state index in [-0.39, 0.29) is 12.2 Å². The largest absolute Gasteiger partial charge is 0.508 e. The first-order valence-electron chi connectivity index (χ1n) is 6.05. The van der Waals surface area contributed by atoms with Crippen molar-refractivity contribution < 1.29 is 14.3 Å². The molecule has 0 N–H and O–H groups in total. The first-order chi connectivity index (χ1) is 7.17. The SMILES string of the molecule is CCCC(CC)OC(=O)OC(CC)CC. The number of carbonyl (C=O) groups excluding carboxylic acids is 1. The smallest absolute Gasteiger partial charge is 0.431 e. The third-order valence-electron chi connectivity index (χ3n) is 2.50. The Morgan fingerprint density at radius 3 is 1.80 bits per heavy atom. The van der Waals surface area contributed by atoms with Gasteiger partial charge in [0.25, 0.3) is 0 Å². The Hall–Kier alpha value is -0.730. The van der Waals surface area contributed by atoms with Gasteiger partial charge in [-0.2, -0.15) is 0 Å². The molecule has 1 unspecified atom stereocenters. The second kappa shape index (κ2) is 8.57. The van der Waals surface area contributed by atoms with Crippen LogP contribution in [0.1, 0.15) is 59.8 Å². The summed E-state index contributed by atoms with van der Waals surface area (Å²) in [6, 6.07) is 0. The first-order valence-corrected chi connectivity index (χ1v) is 6.05. The van der Waals surface area contributed by atoms with Crippen molar-refractivity contribution in [3.05, 3.63) is 0 Å². The van der Waals surface area contributed by atoms with Gasteiger partial charge in [0.1, 0.15) is 12.2 Å². The molecule has 0 aromatic carbocycles. The van der Waals surface area contributed by atoms with Gasteiger partial charge >= 0.3 is 6.16 Å². The molecule has 0 bridgehead atoms. The summed E-state index contributed by atoms with van der Waals surface area (Å²) in [5, 5.41) is 0. The van der Waals surface area contributed by atoms with E-state index in [1.165, 1.54) is 0 Å². The van der Waals surface area contributed by atoms with E-state index in [1.54, 1.807) is 0 Å². The minimum absolute atomic E-state index is 0.00312. The van der Waals surface area contributed by atoms with Gasteiger partial charge in [0, 0.05) is 0 Å². The van der Waals surface area contributed by atoms with Crippen LogP contribution in [-0.4, -0.2) is 18.4 Å². The standard InChI is InChI=1S/C12H24O3/c1-5-9-11(8-4)15-12(13)14-10(6-2)7-3/h10-11H,5-9H2,1-4H3. The Balaban J connectivity index is 3.88. The quantitative estimate of drug-likeness (QED) is 0.605. The van der Waals surface area contributed by atoms with Crippen LogP contribution < -0.4 is 0 Å². The van der Waals surface area contributed by atoms with E-state index >= 15 is 0 Å². The topological polar surface area (TPSA) is 35.5 Å². The predicted octanol–water partition coefficient (Wildman–Crippen LogP) is 3.91. The lowest BCUT2D eigenvalue weighted by molar-refractivity contribution is -0.00653. The molecule has 0 aliphatic heterocycles. The fourth-order valence-corrected chi connectivity index (χ4v) is 1.42. The second-order valence-corrected chi connectivity index (χ2v) is 3.74. The molecule has 90 valence electrons. The van der Waals surface area contributed by atoms with Crippen molar-refractivity contribution in [1.29, 1.82) is 0 Å².